The van der Waals surface area contributed by atoms with E-state index in [1.54, 1.807) is 24.3 Å². The van der Waals surface area contributed by atoms with Crippen LogP contribution in [0.5, 0.6) is 0 Å². The molecule has 3 aromatic rings. The first-order valence-corrected chi connectivity index (χ1v) is 9.39. The van der Waals surface area contributed by atoms with Gasteiger partial charge in [-0.2, -0.15) is 0 Å². The molecule has 5 heteroatoms. The van der Waals surface area contributed by atoms with Gasteiger partial charge < -0.3 is 10.6 Å². The smallest absolute Gasteiger partial charge is 0.258 e. The van der Waals surface area contributed by atoms with Gasteiger partial charge in [-0.05, 0) is 56.2 Å². The lowest BCUT2D eigenvalue weighted by Crippen LogP contribution is -2.26. The van der Waals surface area contributed by atoms with Gasteiger partial charge >= 0.3 is 0 Å². The Bertz CT molecular complexity index is 1050. The zero-order valence-electron chi connectivity index (χ0n) is 16.6. The normalized spacial score (nSPS) is 11.6. The molecule has 2 N–H and O–H groups in total. The molecule has 0 bridgehead atoms. The van der Waals surface area contributed by atoms with E-state index in [1.165, 1.54) is 18.2 Å². The number of aryl methyl sites for hydroxylation is 2. The van der Waals surface area contributed by atoms with Crippen LogP contribution in [-0.4, -0.2) is 11.8 Å². The second-order valence-electron chi connectivity index (χ2n) is 7.07. The van der Waals surface area contributed by atoms with Crippen LogP contribution in [0, 0.1) is 19.7 Å². The Kier molecular flexibility index (Phi) is 6.07. The zero-order chi connectivity index (χ0) is 21.0. The fourth-order valence-electron chi connectivity index (χ4n) is 2.95. The molecule has 0 radical (unpaired) electrons. The second kappa shape index (κ2) is 8.69. The number of hydrogen-bond acceptors (Lipinski definition) is 2. The lowest BCUT2D eigenvalue weighted by Gasteiger charge is -2.16. The first-order valence-electron chi connectivity index (χ1n) is 9.39. The summed E-state index contributed by atoms with van der Waals surface area (Å²) in [7, 11) is 0. The van der Waals surface area contributed by atoms with E-state index in [9.17, 15) is 14.0 Å². The number of rotatable bonds is 5. The van der Waals surface area contributed by atoms with Crippen LogP contribution < -0.4 is 10.6 Å². The highest BCUT2D eigenvalue weighted by Crippen LogP contribution is 2.20. The summed E-state index contributed by atoms with van der Waals surface area (Å²) < 4.78 is 13.9. The Hall–Kier alpha value is -3.47. The van der Waals surface area contributed by atoms with Crippen molar-refractivity contribution in [3.63, 3.8) is 0 Å². The number of nitrogens with one attached hydrogen (secondary N) is 2. The van der Waals surface area contributed by atoms with Gasteiger partial charge in [0.1, 0.15) is 5.82 Å². The Morgan fingerprint density at radius 2 is 1.59 bits per heavy atom. The van der Waals surface area contributed by atoms with Gasteiger partial charge in [-0.25, -0.2) is 4.39 Å². The van der Waals surface area contributed by atoms with E-state index in [4.69, 9.17) is 0 Å². The average Bonchev–Trinajstić information content (AvgIpc) is 2.70. The van der Waals surface area contributed by atoms with Crippen molar-refractivity contribution in [2.45, 2.75) is 26.8 Å². The van der Waals surface area contributed by atoms with Gasteiger partial charge in [0.15, 0.2) is 0 Å². The minimum absolute atomic E-state index is 0.0465. The molecule has 0 aromatic heterocycles. The van der Waals surface area contributed by atoms with Crippen molar-refractivity contribution in [1.29, 1.82) is 0 Å². The monoisotopic (exact) mass is 390 g/mol. The Balaban J connectivity index is 1.75. The van der Waals surface area contributed by atoms with E-state index in [0.29, 0.717) is 11.3 Å². The molecule has 148 valence electrons. The Morgan fingerprint density at radius 1 is 0.897 bits per heavy atom. The summed E-state index contributed by atoms with van der Waals surface area (Å²) in [6.07, 6.45) is 0. The number of carbonyl (C=O) groups is 2. The fourth-order valence-corrected chi connectivity index (χ4v) is 2.95. The molecule has 2 amide bonds. The molecule has 0 aliphatic rings. The van der Waals surface area contributed by atoms with Gasteiger partial charge in [-0.15, -0.1) is 0 Å². The number of halogens is 1. The second-order valence-corrected chi connectivity index (χ2v) is 7.07. The molecule has 0 spiro atoms. The Morgan fingerprint density at radius 3 is 2.28 bits per heavy atom. The largest absolute Gasteiger partial charge is 0.346 e. The van der Waals surface area contributed by atoms with Crippen LogP contribution in [0.4, 0.5) is 10.1 Å². The molecule has 0 saturated heterocycles. The topological polar surface area (TPSA) is 58.2 Å². The van der Waals surface area contributed by atoms with Crippen molar-refractivity contribution >= 4 is 17.5 Å². The third-order valence-corrected chi connectivity index (χ3v) is 4.79. The van der Waals surface area contributed by atoms with Gasteiger partial charge in [0.2, 0.25) is 0 Å². The minimum atomic E-state index is -0.594. The SMILES string of the molecule is Cc1ccc(C(C)NC(=O)c2ccc(C)c(NC(=O)c3ccccc3F)c2)cc1. The van der Waals surface area contributed by atoms with Gasteiger partial charge in [-0.3, -0.25) is 9.59 Å². The van der Waals surface area contributed by atoms with Crippen molar-refractivity contribution in [1.82, 2.24) is 5.32 Å². The van der Waals surface area contributed by atoms with E-state index in [2.05, 4.69) is 10.6 Å². The van der Waals surface area contributed by atoms with E-state index < -0.39 is 11.7 Å². The molecule has 1 unspecified atom stereocenters. The Labute approximate surface area is 169 Å². The third kappa shape index (κ3) is 4.88. The molecular weight excluding hydrogens is 367 g/mol. The first-order chi connectivity index (χ1) is 13.8. The molecule has 1 atom stereocenters. The summed E-state index contributed by atoms with van der Waals surface area (Å²) >= 11 is 0. The van der Waals surface area contributed by atoms with Crippen LogP contribution in [0.1, 0.15) is 50.4 Å². The summed E-state index contributed by atoms with van der Waals surface area (Å²) in [6.45, 7) is 5.74. The molecule has 3 aromatic carbocycles. The van der Waals surface area contributed by atoms with Crippen molar-refractivity contribution in [3.05, 3.63) is 100 Å². The summed E-state index contributed by atoms with van der Waals surface area (Å²) in [5.74, 6) is -1.40. The lowest BCUT2D eigenvalue weighted by molar-refractivity contribution is 0.0938. The maximum Gasteiger partial charge on any atom is 0.258 e. The lowest BCUT2D eigenvalue weighted by atomic mass is 10.0. The van der Waals surface area contributed by atoms with E-state index in [0.717, 1.165) is 16.7 Å². The number of benzene rings is 3. The van der Waals surface area contributed by atoms with E-state index in [1.807, 2.05) is 45.0 Å². The van der Waals surface area contributed by atoms with Gasteiger partial charge in [-0.1, -0.05) is 48.0 Å². The predicted octanol–water partition coefficient (Wildman–Crippen LogP) is 5.19. The summed E-state index contributed by atoms with van der Waals surface area (Å²) in [6, 6.07) is 18.6. The van der Waals surface area contributed by atoms with Crippen molar-refractivity contribution in [2.24, 2.45) is 0 Å². The molecule has 4 nitrogen and oxygen atoms in total. The molecule has 0 aliphatic carbocycles. The fraction of sp³-hybridized carbons (Fsp3) is 0.167. The summed E-state index contributed by atoms with van der Waals surface area (Å²) in [5.41, 5.74) is 3.77. The highest BCUT2D eigenvalue weighted by Gasteiger charge is 2.15. The van der Waals surface area contributed by atoms with Crippen molar-refractivity contribution in [2.75, 3.05) is 5.32 Å². The molecule has 0 fully saturated rings. The molecule has 0 saturated carbocycles. The van der Waals surface area contributed by atoms with Crippen molar-refractivity contribution in [3.8, 4) is 0 Å². The number of amides is 2. The van der Waals surface area contributed by atoms with Crippen LogP contribution >= 0.6 is 0 Å². The molecular formula is C24H23FN2O2. The number of carbonyl (C=O) groups excluding carboxylic acids is 2. The predicted molar refractivity (Wildman–Crippen MR) is 113 cm³/mol. The first kappa shape index (κ1) is 20.3. The van der Waals surface area contributed by atoms with Crippen LogP contribution in [0.3, 0.4) is 0 Å². The maximum atomic E-state index is 13.9. The molecule has 3 rings (SSSR count). The van der Waals surface area contributed by atoms with E-state index in [-0.39, 0.29) is 17.5 Å². The third-order valence-electron chi connectivity index (χ3n) is 4.79. The molecule has 0 aliphatic heterocycles. The molecule has 29 heavy (non-hydrogen) atoms. The highest BCUT2D eigenvalue weighted by molar-refractivity contribution is 6.05. The van der Waals surface area contributed by atoms with Gasteiger partial charge in [0, 0.05) is 11.3 Å². The van der Waals surface area contributed by atoms with Crippen LogP contribution in [0.2, 0.25) is 0 Å². The van der Waals surface area contributed by atoms with Gasteiger partial charge in [0.25, 0.3) is 11.8 Å². The van der Waals surface area contributed by atoms with E-state index >= 15 is 0 Å². The van der Waals surface area contributed by atoms with Crippen LogP contribution in [-0.2, 0) is 0 Å². The average molecular weight is 390 g/mol. The standard InChI is InChI=1S/C24H23FN2O2/c1-15-8-11-18(12-9-15)17(3)26-23(28)19-13-10-16(2)22(14-19)27-24(29)20-6-4-5-7-21(20)25/h4-14,17H,1-3H3,(H,26,28)(H,27,29). The quantitative estimate of drug-likeness (QED) is 0.630. The highest BCUT2D eigenvalue weighted by atomic mass is 19.1. The number of anilines is 1. The summed E-state index contributed by atoms with van der Waals surface area (Å²) in [5, 5.41) is 5.66. The van der Waals surface area contributed by atoms with Crippen molar-refractivity contribution < 1.29 is 14.0 Å². The summed E-state index contributed by atoms with van der Waals surface area (Å²) in [4.78, 5) is 25.1. The minimum Gasteiger partial charge on any atom is -0.346 e. The van der Waals surface area contributed by atoms with Crippen LogP contribution in [0.15, 0.2) is 66.7 Å². The maximum absolute atomic E-state index is 13.9. The van der Waals surface area contributed by atoms with Crippen LogP contribution in [0.25, 0.3) is 0 Å². The zero-order valence-corrected chi connectivity index (χ0v) is 16.6. The number of hydrogen-bond donors (Lipinski definition) is 2. The molecule has 0 heterocycles. The van der Waals surface area contributed by atoms with Gasteiger partial charge in [0.05, 0.1) is 11.6 Å².